The molecule has 0 saturated carbocycles. The summed E-state index contributed by atoms with van der Waals surface area (Å²) in [6.07, 6.45) is 1.28. The number of anilines is 1. The predicted octanol–water partition coefficient (Wildman–Crippen LogP) is 5.70. The molecule has 1 amide bonds. The van der Waals surface area contributed by atoms with E-state index in [9.17, 15) is 13.2 Å². The van der Waals surface area contributed by atoms with Crippen LogP contribution in [0.2, 0.25) is 0 Å². The number of thiophene rings is 1. The number of sulfonamides is 1. The van der Waals surface area contributed by atoms with Gasteiger partial charge in [0.1, 0.15) is 15.7 Å². The molecule has 1 atom stereocenters. The van der Waals surface area contributed by atoms with Gasteiger partial charge < -0.3 is 10.1 Å². The maximum absolute atomic E-state index is 12.9. The molecule has 7 nitrogen and oxygen atoms in total. The summed E-state index contributed by atoms with van der Waals surface area (Å²) in [5, 5.41) is 7.00. The standard InChI is InChI=1S/C25H23N3O4S3/c29-24(19-6-4-14-28(16-19)35(30,31)23-9-5-15-33-23)27-25-26-22(17-34-25)18-10-12-21(13-11-18)32-20-7-2-1-3-8-20/h1-3,5,7-13,15,17,19H,4,6,14,16H2,(H,26,27,29). The number of nitrogens with one attached hydrogen (secondary N) is 1. The highest BCUT2D eigenvalue weighted by atomic mass is 32.2. The number of rotatable bonds is 7. The Kier molecular flexibility index (Phi) is 6.96. The topological polar surface area (TPSA) is 88.6 Å². The molecule has 5 rings (SSSR count). The lowest BCUT2D eigenvalue weighted by Gasteiger charge is -2.30. The number of para-hydroxylation sites is 1. The van der Waals surface area contributed by atoms with Crippen LogP contribution in [0.5, 0.6) is 11.5 Å². The van der Waals surface area contributed by atoms with Gasteiger partial charge in [-0.3, -0.25) is 4.79 Å². The Hall–Kier alpha value is -3.05. The number of carbonyl (C=O) groups excluding carboxylic acids is 1. The molecular weight excluding hydrogens is 502 g/mol. The van der Waals surface area contributed by atoms with E-state index in [4.69, 9.17) is 4.74 Å². The Labute approximate surface area is 212 Å². The van der Waals surface area contributed by atoms with Crippen LogP contribution in [-0.2, 0) is 14.8 Å². The van der Waals surface area contributed by atoms with Crippen LogP contribution in [-0.4, -0.2) is 36.7 Å². The lowest BCUT2D eigenvalue weighted by Crippen LogP contribution is -2.43. The summed E-state index contributed by atoms with van der Waals surface area (Å²) >= 11 is 2.53. The molecule has 0 spiro atoms. The lowest BCUT2D eigenvalue weighted by molar-refractivity contribution is -0.120. The first-order chi connectivity index (χ1) is 17.0. The highest BCUT2D eigenvalue weighted by Gasteiger charge is 2.34. The summed E-state index contributed by atoms with van der Waals surface area (Å²) in [5.74, 6) is 0.871. The van der Waals surface area contributed by atoms with E-state index in [0.717, 1.165) is 22.8 Å². The molecule has 1 N–H and O–H groups in total. The minimum absolute atomic E-state index is 0.174. The Balaban J connectivity index is 1.21. The van der Waals surface area contributed by atoms with Crippen LogP contribution in [0.4, 0.5) is 5.13 Å². The molecule has 4 aromatic rings. The second kappa shape index (κ2) is 10.3. The smallest absolute Gasteiger partial charge is 0.252 e. The number of ether oxygens (including phenoxy) is 1. The van der Waals surface area contributed by atoms with Crippen LogP contribution in [0, 0.1) is 5.92 Å². The van der Waals surface area contributed by atoms with Gasteiger partial charge in [0.2, 0.25) is 5.91 Å². The zero-order valence-electron chi connectivity index (χ0n) is 18.7. The Bertz CT molecular complexity index is 1390. The first kappa shape index (κ1) is 23.7. The monoisotopic (exact) mass is 525 g/mol. The van der Waals surface area contributed by atoms with Crippen molar-refractivity contribution in [3.05, 3.63) is 77.5 Å². The van der Waals surface area contributed by atoms with Crippen LogP contribution in [0.1, 0.15) is 12.8 Å². The van der Waals surface area contributed by atoms with Gasteiger partial charge >= 0.3 is 0 Å². The zero-order valence-corrected chi connectivity index (χ0v) is 21.1. The van der Waals surface area contributed by atoms with Gasteiger partial charge in [-0.25, -0.2) is 13.4 Å². The molecule has 35 heavy (non-hydrogen) atoms. The number of benzene rings is 2. The molecule has 1 saturated heterocycles. The Morgan fingerprint density at radius 1 is 1.00 bits per heavy atom. The molecule has 1 unspecified atom stereocenters. The van der Waals surface area contributed by atoms with Crippen molar-refractivity contribution in [1.82, 2.24) is 9.29 Å². The lowest BCUT2D eigenvalue weighted by atomic mass is 9.99. The van der Waals surface area contributed by atoms with Crippen molar-refractivity contribution >= 4 is 43.7 Å². The normalized spacial score (nSPS) is 16.6. The molecule has 0 aliphatic carbocycles. The van der Waals surface area contributed by atoms with E-state index in [0.29, 0.717) is 28.7 Å². The van der Waals surface area contributed by atoms with Gasteiger partial charge in [0.25, 0.3) is 10.0 Å². The molecule has 2 aromatic heterocycles. The summed E-state index contributed by atoms with van der Waals surface area (Å²) in [4.78, 5) is 17.5. The quantitative estimate of drug-likeness (QED) is 0.334. The third-order valence-corrected chi connectivity index (χ3v) is 9.70. The molecule has 0 bridgehead atoms. The van der Waals surface area contributed by atoms with Gasteiger partial charge in [-0.15, -0.1) is 22.7 Å². The van der Waals surface area contributed by atoms with E-state index < -0.39 is 15.9 Å². The van der Waals surface area contributed by atoms with E-state index in [1.807, 2.05) is 60.0 Å². The minimum atomic E-state index is -3.56. The van der Waals surface area contributed by atoms with Crippen molar-refractivity contribution in [3.63, 3.8) is 0 Å². The van der Waals surface area contributed by atoms with Crippen LogP contribution in [0.15, 0.2) is 81.7 Å². The van der Waals surface area contributed by atoms with E-state index >= 15 is 0 Å². The SMILES string of the molecule is O=C(Nc1nc(-c2ccc(Oc3ccccc3)cc2)cs1)C1CCCN(S(=O)(=O)c2cccs2)C1. The van der Waals surface area contributed by atoms with Crippen molar-refractivity contribution in [2.45, 2.75) is 17.1 Å². The molecule has 1 aliphatic rings. The summed E-state index contributed by atoms with van der Waals surface area (Å²) in [5.41, 5.74) is 1.66. The fourth-order valence-electron chi connectivity index (χ4n) is 3.90. The highest BCUT2D eigenvalue weighted by Crippen LogP contribution is 2.30. The molecule has 1 aliphatic heterocycles. The molecule has 0 radical (unpaired) electrons. The molecule has 10 heteroatoms. The number of aromatic nitrogens is 1. The predicted molar refractivity (Wildman–Crippen MR) is 138 cm³/mol. The summed E-state index contributed by atoms with van der Waals surface area (Å²) in [7, 11) is -3.56. The third-order valence-electron chi connectivity index (χ3n) is 5.71. The van der Waals surface area contributed by atoms with Gasteiger partial charge in [-0.05, 0) is 60.7 Å². The van der Waals surface area contributed by atoms with E-state index in [1.165, 1.54) is 27.0 Å². The molecule has 2 aromatic carbocycles. The average Bonchev–Trinajstić information content (AvgIpc) is 3.59. The molecule has 3 heterocycles. The Morgan fingerprint density at radius 3 is 2.51 bits per heavy atom. The minimum Gasteiger partial charge on any atom is -0.457 e. The van der Waals surface area contributed by atoms with Crippen molar-refractivity contribution in [2.75, 3.05) is 18.4 Å². The summed E-state index contributed by atoms with van der Waals surface area (Å²) in [6, 6.07) is 20.5. The maximum Gasteiger partial charge on any atom is 0.252 e. The van der Waals surface area contributed by atoms with Gasteiger partial charge in [-0.1, -0.05) is 24.3 Å². The molecule has 1 fully saturated rings. The summed E-state index contributed by atoms with van der Waals surface area (Å²) in [6.45, 7) is 0.600. The average molecular weight is 526 g/mol. The maximum atomic E-state index is 12.9. The summed E-state index contributed by atoms with van der Waals surface area (Å²) < 4.78 is 33.2. The van der Waals surface area contributed by atoms with Crippen molar-refractivity contribution < 1.29 is 17.9 Å². The first-order valence-corrected chi connectivity index (χ1v) is 14.3. The van der Waals surface area contributed by atoms with Crippen LogP contribution < -0.4 is 10.1 Å². The van der Waals surface area contributed by atoms with Gasteiger partial charge in [0.05, 0.1) is 11.6 Å². The largest absolute Gasteiger partial charge is 0.457 e. The number of amides is 1. The van der Waals surface area contributed by atoms with E-state index in [2.05, 4.69) is 10.3 Å². The molecule has 180 valence electrons. The Morgan fingerprint density at radius 2 is 1.77 bits per heavy atom. The van der Waals surface area contributed by atoms with Crippen molar-refractivity contribution in [1.29, 1.82) is 0 Å². The number of carbonyl (C=O) groups is 1. The second-order valence-corrected chi connectivity index (χ2v) is 12.1. The fourth-order valence-corrected chi connectivity index (χ4v) is 7.29. The number of hydrogen-bond donors (Lipinski definition) is 1. The first-order valence-electron chi connectivity index (χ1n) is 11.1. The number of nitrogens with zero attached hydrogens (tertiary/aromatic N) is 2. The van der Waals surface area contributed by atoms with Crippen LogP contribution >= 0.6 is 22.7 Å². The van der Waals surface area contributed by atoms with Gasteiger partial charge in [-0.2, -0.15) is 4.31 Å². The van der Waals surface area contributed by atoms with Crippen LogP contribution in [0.3, 0.4) is 0 Å². The second-order valence-electron chi connectivity index (χ2n) is 8.10. The highest BCUT2D eigenvalue weighted by molar-refractivity contribution is 7.91. The van der Waals surface area contributed by atoms with Gasteiger partial charge in [0.15, 0.2) is 5.13 Å². The van der Waals surface area contributed by atoms with E-state index in [-0.39, 0.29) is 12.5 Å². The van der Waals surface area contributed by atoms with Crippen LogP contribution in [0.25, 0.3) is 11.3 Å². The number of thiazole rings is 1. The third kappa shape index (κ3) is 5.46. The van der Waals surface area contributed by atoms with Crippen molar-refractivity contribution in [2.24, 2.45) is 5.92 Å². The van der Waals surface area contributed by atoms with Crippen molar-refractivity contribution in [3.8, 4) is 22.8 Å². The van der Waals surface area contributed by atoms with Gasteiger partial charge in [0, 0.05) is 24.0 Å². The zero-order chi connectivity index (χ0) is 24.3. The molecular formula is C25H23N3O4S3. The number of piperidine rings is 1. The fraction of sp³-hybridized carbons (Fsp3) is 0.200. The number of hydrogen-bond acceptors (Lipinski definition) is 7. The van der Waals surface area contributed by atoms with E-state index in [1.54, 1.807) is 17.5 Å².